The first-order valence-electron chi connectivity index (χ1n) is 6.12. The highest BCUT2D eigenvalue weighted by Gasteiger charge is 2.18. The Kier molecular flexibility index (Phi) is 4.86. The normalized spacial score (nSPS) is 18.1. The van der Waals surface area contributed by atoms with Crippen molar-refractivity contribution in [1.29, 1.82) is 0 Å². The van der Waals surface area contributed by atoms with Crippen LogP contribution >= 0.6 is 15.9 Å². The molecule has 1 aliphatic rings. The Labute approximate surface area is 106 Å². The summed E-state index contributed by atoms with van der Waals surface area (Å²) >= 11 is 3.53. The fraction of sp³-hybridized carbons (Fsp3) is 0.571. The summed E-state index contributed by atoms with van der Waals surface area (Å²) < 4.78 is 5.94. The zero-order valence-electron chi connectivity index (χ0n) is 9.57. The van der Waals surface area contributed by atoms with Crippen molar-refractivity contribution in [2.24, 2.45) is 5.92 Å². The third kappa shape index (κ3) is 3.33. The van der Waals surface area contributed by atoms with E-state index in [1.165, 1.54) is 31.2 Å². The van der Waals surface area contributed by atoms with Crippen molar-refractivity contribution < 1.29 is 4.74 Å². The maximum Gasteiger partial charge on any atom is 0.0921 e. The molecule has 1 aromatic carbocycles. The predicted molar refractivity (Wildman–Crippen MR) is 70.9 cm³/mol. The van der Waals surface area contributed by atoms with Crippen molar-refractivity contribution in [3.8, 4) is 0 Å². The molecule has 0 N–H and O–H groups in total. The van der Waals surface area contributed by atoms with Crippen molar-refractivity contribution in [1.82, 2.24) is 0 Å². The van der Waals surface area contributed by atoms with Gasteiger partial charge in [-0.1, -0.05) is 65.5 Å². The quantitative estimate of drug-likeness (QED) is 0.706. The second kappa shape index (κ2) is 6.41. The van der Waals surface area contributed by atoms with E-state index in [-0.39, 0.29) is 6.10 Å². The molecule has 1 unspecified atom stereocenters. The Hall–Kier alpha value is -0.340. The van der Waals surface area contributed by atoms with Crippen LogP contribution in [0.1, 0.15) is 37.4 Å². The van der Waals surface area contributed by atoms with Crippen LogP contribution in [-0.2, 0) is 4.74 Å². The Bertz CT molecular complexity index is 295. The lowest BCUT2D eigenvalue weighted by molar-refractivity contribution is 0.0521. The lowest BCUT2D eigenvalue weighted by atomic mass is 9.83. The molecule has 1 saturated carbocycles. The maximum atomic E-state index is 5.94. The van der Waals surface area contributed by atoms with E-state index < -0.39 is 0 Å². The molecule has 1 aliphatic carbocycles. The average Bonchev–Trinajstić information content (AvgIpc) is 2.28. The number of rotatable bonds is 6. The van der Waals surface area contributed by atoms with Crippen molar-refractivity contribution in [3.05, 3.63) is 35.9 Å². The van der Waals surface area contributed by atoms with Crippen LogP contribution < -0.4 is 0 Å². The van der Waals surface area contributed by atoms with E-state index in [1.807, 2.05) is 6.07 Å². The standard InChI is InChI=1S/C14H19BrO/c15-11-14(13-7-2-1-3-8-13)16-10-9-12-5-4-6-12/h1-3,7-8,12,14H,4-6,9-11H2. The van der Waals surface area contributed by atoms with Crippen molar-refractivity contribution in [2.75, 3.05) is 11.9 Å². The lowest BCUT2D eigenvalue weighted by Crippen LogP contribution is -2.15. The third-order valence-corrected chi connectivity index (χ3v) is 3.97. The van der Waals surface area contributed by atoms with Crippen LogP contribution in [0, 0.1) is 5.92 Å². The fourth-order valence-electron chi connectivity index (χ4n) is 2.06. The predicted octanol–water partition coefficient (Wildman–Crippen LogP) is 4.33. The van der Waals surface area contributed by atoms with Gasteiger partial charge in [0, 0.05) is 11.9 Å². The Balaban J connectivity index is 1.76. The highest BCUT2D eigenvalue weighted by Crippen LogP contribution is 2.30. The van der Waals surface area contributed by atoms with Crippen LogP contribution in [0.15, 0.2) is 30.3 Å². The molecule has 1 nitrogen and oxygen atoms in total. The molecule has 0 saturated heterocycles. The van der Waals surface area contributed by atoms with Crippen molar-refractivity contribution in [2.45, 2.75) is 31.8 Å². The summed E-state index contributed by atoms with van der Waals surface area (Å²) in [6.45, 7) is 0.899. The van der Waals surface area contributed by atoms with Gasteiger partial charge in [-0.3, -0.25) is 0 Å². The third-order valence-electron chi connectivity index (χ3n) is 3.38. The molecule has 0 heterocycles. The summed E-state index contributed by atoms with van der Waals surface area (Å²) in [7, 11) is 0. The van der Waals surface area contributed by atoms with Gasteiger partial charge in [0.25, 0.3) is 0 Å². The van der Waals surface area contributed by atoms with Crippen LogP contribution in [-0.4, -0.2) is 11.9 Å². The highest BCUT2D eigenvalue weighted by molar-refractivity contribution is 9.09. The van der Waals surface area contributed by atoms with E-state index in [0.717, 1.165) is 17.9 Å². The van der Waals surface area contributed by atoms with Gasteiger partial charge in [-0.05, 0) is 17.9 Å². The van der Waals surface area contributed by atoms with Gasteiger partial charge in [0.1, 0.15) is 0 Å². The molecule has 0 amide bonds. The summed E-state index contributed by atoms with van der Waals surface area (Å²) in [4.78, 5) is 0. The van der Waals surface area contributed by atoms with E-state index in [9.17, 15) is 0 Å². The molecule has 1 fully saturated rings. The zero-order chi connectivity index (χ0) is 11.2. The molecule has 0 bridgehead atoms. The lowest BCUT2D eigenvalue weighted by Gasteiger charge is -2.26. The molecule has 0 radical (unpaired) electrons. The van der Waals surface area contributed by atoms with E-state index in [4.69, 9.17) is 4.74 Å². The molecule has 0 spiro atoms. The average molecular weight is 283 g/mol. The molecular weight excluding hydrogens is 264 g/mol. The Morgan fingerprint density at radius 2 is 2.00 bits per heavy atom. The first-order chi connectivity index (χ1) is 7.90. The molecule has 16 heavy (non-hydrogen) atoms. The number of hydrogen-bond acceptors (Lipinski definition) is 1. The zero-order valence-corrected chi connectivity index (χ0v) is 11.2. The number of ether oxygens (including phenoxy) is 1. The summed E-state index contributed by atoms with van der Waals surface area (Å²) in [5.74, 6) is 0.937. The topological polar surface area (TPSA) is 9.23 Å². The minimum atomic E-state index is 0.210. The van der Waals surface area contributed by atoms with Gasteiger partial charge in [0.15, 0.2) is 0 Å². The molecule has 0 aromatic heterocycles. The van der Waals surface area contributed by atoms with Crippen molar-refractivity contribution >= 4 is 15.9 Å². The number of hydrogen-bond donors (Lipinski definition) is 0. The summed E-state index contributed by atoms with van der Waals surface area (Å²) in [5, 5.41) is 0.877. The molecule has 0 aliphatic heterocycles. The number of halogens is 1. The number of alkyl halides is 1. The van der Waals surface area contributed by atoms with Crippen molar-refractivity contribution in [3.63, 3.8) is 0 Å². The van der Waals surface area contributed by atoms with Gasteiger partial charge in [-0.2, -0.15) is 0 Å². The molecule has 2 heteroatoms. The monoisotopic (exact) mass is 282 g/mol. The van der Waals surface area contributed by atoms with E-state index >= 15 is 0 Å². The van der Waals surface area contributed by atoms with E-state index in [2.05, 4.69) is 40.2 Å². The minimum absolute atomic E-state index is 0.210. The van der Waals surface area contributed by atoms with Gasteiger partial charge >= 0.3 is 0 Å². The van der Waals surface area contributed by atoms with E-state index in [1.54, 1.807) is 0 Å². The molecule has 1 aromatic rings. The number of benzene rings is 1. The maximum absolute atomic E-state index is 5.94. The van der Waals surface area contributed by atoms with Crippen LogP contribution in [0.2, 0.25) is 0 Å². The first kappa shape index (κ1) is 12.1. The fourth-order valence-corrected chi connectivity index (χ4v) is 2.62. The first-order valence-corrected chi connectivity index (χ1v) is 7.25. The van der Waals surface area contributed by atoms with Gasteiger partial charge in [-0.15, -0.1) is 0 Å². The van der Waals surface area contributed by atoms with Crippen LogP contribution in [0.5, 0.6) is 0 Å². The van der Waals surface area contributed by atoms with Gasteiger partial charge in [-0.25, -0.2) is 0 Å². The smallest absolute Gasteiger partial charge is 0.0921 e. The molecular formula is C14H19BrO. The second-order valence-corrected chi connectivity index (χ2v) is 5.16. The van der Waals surface area contributed by atoms with Gasteiger partial charge in [0.05, 0.1) is 6.10 Å². The molecule has 1 atom stereocenters. The largest absolute Gasteiger partial charge is 0.373 e. The molecule has 88 valence electrons. The van der Waals surface area contributed by atoms with Crippen LogP contribution in [0.25, 0.3) is 0 Å². The molecule has 2 rings (SSSR count). The van der Waals surface area contributed by atoms with Gasteiger partial charge < -0.3 is 4.74 Å². The minimum Gasteiger partial charge on any atom is -0.373 e. The van der Waals surface area contributed by atoms with E-state index in [0.29, 0.717) is 0 Å². The summed E-state index contributed by atoms with van der Waals surface area (Å²) in [6, 6.07) is 10.5. The summed E-state index contributed by atoms with van der Waals surface area (Å²) in [6.07, 6.45) is 5.68. The van der Waals surface area contributed by atoms with Gasteiger partial charge in [0.2, 0.25) is 0 Å². The Morgan fingerprint density at radius 1 is 1.25 bits per heavy atom. The SMILES string of the molecule is BrCC(OCCC1CCC1)c1ccccc1. The van der Waals surface area contributed by atoms with Crippen LogP contribution in [0.4, 0.5) is 0 Å². The highest BCUT2D eigenvalue weighted by atomic mass is 79.9. The van der Waals surface area contributed by atoms with Crippen LogP contribution in [0.3, 0.4) is 0 Å². The summed E-state index contributed by atoms with van der Waals surface area (Å²) in [5.41, 5.74) is 1.27. The Morgan fingerprint density at radius 3 is 2.56 bits per heavy atom. The second-order valence-electron chi connectivity index (χ2n) is 4.51.